The summed E-state index contributed by atoms with van der Waals surface area (Å²) in [5, 5.41) is 0. The minimum atomic E-state index is 0.750. The van der Waals surface area contributed by atoms with Crippen LogP contribution in [0.3, 0.4) is 0 Å². The summed E-state index contributed by atoms with van der Waals surface area (Å²) in [5.41, 5.74) is 1.32. The summed E-state index contributed by atoms with van der Waals surface area (Å²) in [5.74, 6) is 0. The van der Waals surface area contributed by atoms with Crippen LogP contribution in [0.25, 0.3) is 0 Å². The lowest BCUT2D eigenvalue weighted by molar-refractivity contribution is 1.48. The van der Waals surface area contributed by atoms with Crippen LogP contribution in [-0.4, -0.2) is 7.85 Å². The lowest BCUT2D eigenvalue weighted by Crippen LogP contribution is -1.62. The molecule has 0 aliphatic heterocycles. The highest BCUT2D eigenvalue weighted by atomic mass is 13.8. The first kappa shape index (κ1) is 9.28. The molecule has 2 radical (unpaired) electrons. The van der Waals surface area contributed by atoms with E-state index < -0.39 is 0 Å². The van der Waals surface area contributed by atoms with Crippen LogP contribution in [0.15, 0.2) is 30.3 Å². The second kappa shape index (κ2) is 6.41. The SMILES string of the molecule is Cc1ccccc1.[B]CC. The molecule has 0 unspecified atom stereocenters. The van der Waals surface area contributed by atoms with Crippen LogP contribution >= 0.6 is 0 Å². The maximum absolute atomic E-state index is 4.85. The molecule has 0 aliphatic carbocycles. The van der Waals surface area contributed by atoms with Gasteiger partial charge in [-0.25, -0.2) is 0 Å². The van der Waals surface area contributed by atoms with Gasteiger partial charge in [-0.2, -0.15) is 0 Å². The molecule has 52 valence electrons. The molecule has 1 aromatic carbocycles. The van der Waals surface area contributed by atoms with Crippen molar-refractivity contribution >= 4 is 7.85 Å². The van der Waals surface area contributed by atoms with E-state index in [1.54, 1.807) is 0 Å². The summed E-state index contributed by atoms with van der Waals surface area (Å²) < 4.78 is 0. The normalized spacial score (nSPS) is 7.80. The first-order valence-corrected chi connectivity index (χ1v) is 3.53. The Labute approximate surface area is 64.7 Å². The monoisotopic (exact) mass is 132 g/mol. The summed E-state index contributed by atoms with van der Waals surface area (Å²) in [7, 11) is 4.85. The van der Waals surface area contributed by atoms with E-state index in [0.717, 1.165) is 6.32 Å². The van der Waals surface area contributed by atoms with Crippen molar-refractivity contribution in [1.82, 2.24) is 0 Å². The van der Waals surface area contributed by atoms with Gasteiger partial charge in [0.25, 0.3) is 0 Å². The van der Waals surface area contributed by atoms with Crippen LogP contribution in [0.1, 0.15) is 12.5 Å². The van der Waals surface area contributed by atoms with E-state index in [0.29, 0.717) is 0 Å². The number of rotatable bonds is 0. The smallest absolute Gasteiger partial charge is 0.0649 e. The van der Waals surface area contributed by atoms with Crippen molar-refractivity contribution in [3.63, 3.8) is 0 Å². The van der Waals surface area contributed by atoms with E-state index in [-0.39, 0.29) is 0 Å². The Balaban J connectivity index is 0.000000236. The molecule has 0 nitrogen and oxygen atoms in total. The first-order chi connectivity index (χ1) is 4.81. The summed E-state index contributed by atoms with van der Waals surface area (Å²) in [6.07, 6.45) is 0.750. The van der Waals surface area contributed by atoms with Crippen LogP contribution in [0.2, 0.25) is 6.32 Å². The molecule has 0 aliphatic rings. The Hall–Kier alpha value is -0.715. The van der Waals surface area contributed by atoms with E-state index in [9.17, 15) is 0 Å². The third kappa shape index (κ3) is 5.42. The summed E-state index contributed by atoms with van der Waals surface area (Å²) >= 11 is 0. The molecule has 0 amide bonds. The lowest BCUT2D eigenvalue weighted by Gasteiger charge is -1.82. The zero-order chi connectivity index (χ0) is 7.82. The molecule has 0 atom stereocenters. The maximum atomic E-state index is 4.85. The van der Waals surface area contributed by atoms with Gasteiger partial charge in [0.2, 0.25) is 0 Å². The Morgan fingerprint density at radius 1 is 1.20 bits per heavy atom. The van der Waals surface area contributed by atoms with E-state index >= 15 is 0 Å². The molecule has 1 heteroatoms. The third-order valence-corrected chi connectivity index (χ3v) is 0.940. The first-order valence-electron chi connectivity index (χ1n) is 3.53. The van der Waals surface area contributed by atoms with Gasteiger partial charge >= 0.3 is 0 Å². The number of hydrogen-bond acceptors (Lipinski definition) is 0. The van der Waals surface area contributed by atoms with E-state index in [4.69, 9.17) is 7.85 Å². The van der Waals surface area contributed by atoms with E-state index in [1.807, 2.05) is 25.1 Å². The summed E-state index contributed by atoms with van der Waals surface area (Å²) in [6.45, 7) is 3.99. The van der Waals surface area contributed by atoms with Crippen molar-refractivity contribution in [2.24, 2.45) is 0 Å². The zero-order valence-corrected chi connectivity index (χ0v) is 6.67. The largest absolute Gasteiger partial charge is 0.0915 e. The standard InChI is InChI=1S/C7H8.C2H5B/c1-7-5-3-2-4-6-7;1-2-3/h2-6H,1H3;2H2,1H3. The average Bonchev–Trinajstić information content (AvgIpc) is 1.91. The lowest BCUT2D eigenvalue weighted by atomic mass is 10.1. The van der Waals surface area contributed by atoms with Crippen molar-refractivity contribution in [1.29, 1.82) is 0 Å². The zero-order valence-electron chi connectivity index (χ0n) is 6.67. The quantitative estimate of drug-likeness (QED) is 0.476. The highest BCUT2D eigenvalue weighted by molar-refractivity contribution is 6.08. The van der Waals surface area contributed by atoms with Gasteiger partial charge in [0.05, 0.1) is 7.85 Å². The predicted molar refractivity (Wildman–Crippen MR) is 47.4 cm³/mol. The molecule has 0 heterocycles. The number of aryl methyl sites for hydroxylation is 1. The highest BCUT2D eigenvalue weighted by Crippen LogP contribution is 1.92. The predicted octanol–water partition coefficient (Wildman–Crippen LogP) is 2.59. The van der Waals surface area contributed by atoms with Crippen LogP contribution in [0.5, 0.6) is 0 Å². The number of hydrogen-bond donors (Lipinski definition) is 0. The second-order valence-electron chi connectivity index (χ2n) is 2.06. The fourth-order valence-corrected chi connectivity index (χ4v) is 0.534. The highest BCUT2D eigenvalue weighted by Gasteiger charge is 1.72. The van der Waals surface area contributed by atoms with Gasteiger partial charge in [0.15, 0.2) is 0 Å². The minimum absolute atomic E-state index is 0.750. The van der Waals surface area contributed by atoms with Gasteiger partial charge in [-0.3, -0.25) is 0 Å². The molecule has 0 N–H and O–H groups in total. The van der Waals surface area contributed by atoms with E-state index in [2.05, 4.69) is 19.1 Å². The topological polar surface area (TPSA) is 0 Å². The van der Waals surface area contributed by atoms with Crippen LogP contribution in [0.4, 0.5) is 0 Å². The summed E-state index contributed by atoms with van der Waals surface area (Å²) in [6, 6.07) is 10.3. The molecule has 1 aromatic rings. The van der Waals surface area contributed by atoms with Crippen LogP contribution < -0.4 is 0 Å². The fraction of sp³-hybridized carbons (Fsp3) is 0.333. The minimum Gasteiger partial charge on any atom is -0.0915 e. The number of benzene rings is 1. The molecule has 0 aromatic heterocycles. The Morgan fingerprint density at radius 2 is 1.60 bits per heavy atom. The maximum Gasteiger partial charge on any atom is 0.0649 e. The third-order valence-electron chi connectivity index (χ3n) is 0.940. The Morgan fingerprint density at radius 3 is 1.80 bits per heavy atom. The summed E-state index contributed by atoms with van der Waals surface area (Å²) in [4.78, 5) is 0. The van der Waals surface area contributed by atoms with Gasteiger partial charge in [0, 0.05) is 0 Å². The molecule has 1 rings (SSSR count). The van der Waals surface area contributed by atoms with Crippen molar-refractivity contribution in [2.45, 2.75) is 20.2 Å². The van der Waals surface area contributed by atoms with Crippen molar-refractivity contribution in [3.8, 4) is 0 Å². The van der Waals surface area contributed by atoms with Gasteiger partial charge < -0.3 is 0 Å². The second-order valence-corrected chi connectivity index (χ2v) is 2.06. The molecule has 0 bridgehead atoms. The van der Waals surface area contributed by atoms with Crippen molar-refractivity contribution in [3.05, 3.63) is 35.9 Å². The van der Waals surface area contributed by atoms with Gasteiger partial charge in [0.1, 0.15) is 0 Å². The van der Waals surface area contributed by atoms with Crippen LogP contribution in [0, 0.1) is 6.92 Å². The molecule has 0 fully saturated rings. The fourth-order valence-electron chi connectivity index (χ4n) is 0.534. The molecular formula is C9H13B. The Kier molecular flexibility index (Phi) is 5.95. The van der Waals surface area contributed by atoms with E-state index in [1.165, 1.54) is 5.56 Å². The van der Waals surface area contributed by atoms with Crippen molar-refractivity contribution in [2.75, 3.05) is 0 Å². The van der Waals surface area contributed by atoms with Gasteiger partial charge in [-0.1, -0.05) is 49.1 Å². The molecule has 0 spiro atoms. The molecular weight excluding hydrogens is 119 g/mol. The van der Waals surface area contributed by atoms with Crippen LogP contribution in [-0.2, 0) is 0 Å². The average molecular weight is 132 g/mol. The van der Waals surface area contributed by atoms with Gasteiger partial charge in [-0.05, 0) is 6.92 Å². The Bertz CT molecular complexity index is 146. The molecule has 0 saturated carbocycles. The molecule has 10 heavy (non-hydrogen) atoms. The van der Waals surface area contributed by atoms with Gasteiger partial charge in [-0.15, -0.1) is 0 Å². The van der Waals surface area contributed by atoms with Crippen molar-refractivity contribution < 1.29 is 0 Å². The molecule has 0 saturated heterocycles.